The second-order valence-corrected chi connectivity index (χ2v) is 6.15. The number of hydrogen-bond acceptors (Lipinski definition) is 1. The van der Waals surface area contributed by atoms with E-state index in [1.807, 2.05) is 13.8 Å². The molecule has 2 heteroatoms. The lowest BCUT2D eigenvalue weighted by Gasteiger charge is -2.37. The molecule has 0 amide bonds. The van der Waals surface area contributed by atoms with Gasteiger partial charge in [0.25, 0.3) is 0 Å². The minimum Gasteiger partial charge on any atom is -0.481 e. The van der Waals surface area contributed by atoms with Crippen molar-refractivity contribution in [3.63, 3.8) is 0 Å². The highest BCUT2D eigenvalue weighted by Crippen LogP contribution is 2.44. The molecule has 0 radical (unpaired) electrons. The molecule has 0 heterocycles. The first-order valence-corrected chi connectivity index (χ1v) is 6.74. The summed E-state index contributed by atoms with van der Waals surface area (Å²) >= 11 is 0. The first-order chi connectivity index (χ1) is 7.87. The Morgan fingerprint density at radius 3 is 2.24 bits per heavy atom. The minimum atomic E-state index is -0.600. The Balaban J connectivity index is 2.70. The summed E-state index contributed by atoms with van der Waals surface area (Å²) in [6.07, 6.45) is 6.62. The Hall–Kier alpha value is -0.790. The fraction of sp³-hybridized carbons (Fsp3) is 0.800. The molecule has 1 fully saturated rings. The van der Waals surface area contributed by atoms with E-state index >= 15 is 0 Å². The van der Waals surface area contributed by atoms with Gasteiger partial charge >= 0.3 is 5.97 Å². The summed E-state index contributed by atoms with van der Waals surface area (Å²) in [5, 5.41) is 9.50. The molecule has 98 valence electrons. The van der Waals surface area contributed by atoms with Gasteiger partial charge in [0.1, 0.15) is 0 Å². The Labute approximate surface area is 105 Å². The molecule has 17 heavy (non-hydrogen) atoms. The van der Waals surface area contributed by atoms with E-state index in [0.717, 1.165) is 25.7 Å². The van der Waals surface area contributed by atoms with Crippen molar-refractivity contribution in [2.24, 2.45) is 17.3 Å². The number of carboxylic acid groups (broad SMARTS) is 1. The van der Waals surface area contributed by atoms with Gasteiger partial charge < -0.3 is 5.11 Å². The van der Waals surface area contributed by atoms with Gasteiger partial charge in [-0.3, -0.25) is 4.79 Å². The molecule has 0 bridgehead atoms. The molecule has 2 nitrogen and oxygen atoms in total. The second-order valence-electron chi connectivity index (χ2n) is 6.15. The summed E-state index contributed by atoms with van der Waals surface area (Å²) in [5.41, 5.74) is 0.736. The summed E-state index contributed by atoms with van der Waals surface area (Å²) in [4.78, 5) is 11.5. The van der Waals surface area contributed by atoms with Crippen LogP contribution in [0, 0.1) is 17.3 Å². The van der Waals surface area contributed by atoms with E-state index < -0.39 is 11.4 Å². The van der Waals surface area contributed by atoms with E-state index in [1.54, 1.807) is 0 Å². The van der Waals surface area contributed by atoms with E-state index in [1.165, 1.54) is 5.57 Å². The largest absolute Gasteiger partial charge is 0.481 e. The topological polar surface area (TPSA) is 37.3 Å². The lowest BCUT2D eigenvalue weighted by molar-refractivity contribution is -0.151. The smallest absolute Gasteiger partial charge is 0.309 e. The zero-order chi connectivity index (χ0) is 13.1. The number of aliphatic carboxylic acids is 1. The van der Waals surface area contributed by atoms with Crippen LogP contribution in [0.5, 0.6) is 0 Å². The zero-order valence-corrected chi connectivity index (χ0v) is 11.6. The molecule has 0 spiro atoms. The maximum Gasteiger partial charge on any atom is 0.309 e. The van der Waals surface area contributed by atoms with Gasteiger partial charge in [0.15, 0.2) is 0 Å². The number of carboxylic acids is 1. The standard InChI is InChI=1S/C15H26O2/c1-11(2)5-8-15(14(16)17)9-6-13(7-10-15)12(3)4/h5,12-13H,6-10H2,1-4H3,(H,16,17). The lowest BCUT2D eigenvalue weighted by Crippen LogP contribution is -2.36. The normalized spacial score (nSPS) is 29.1. The van der Waals surface area contributed by atoms with Crippen molar-refractivity contribution in [2.75, 3.05) is 0 Å². The van der Waals surface area contributed by atoms with Crippen molar-refractivity contribution in [1.82, 2.24) is 0 Å². The number of allylic oxidation sites excluding steroid dienone is 2. The average Bonchev–Trinajstić information content (AvgIpc) is 2.26. The Morgan fingerprint density at radius 2 is 1.88 bits per heavy atom. The van der Waals surface area contributed by atoms with Crippen LogP contribution in [-0.4, -0.2) is 11.1 Å². The fourth-order valence-electron chi connectivity index (χ4n) is 2.76. The summed E-state index contributed by atoms with van der Waals surface area (Å²) < 4.78 is 0. The molecule has 1 aliphatic rings. The van der Waals surface area contributed by atoms with Crippen LogP contribution in [0.1, 0.15) is 59.8 Å². The average molecular weight is 238 g/mol. The molecule has 0 atom stereocenters. The lowest BCUT2D eigenvalue weighted by atomic mass is 9.66. The van der Waals surface area contributed by atoms with Crippen molar-refractivity contribution >= 4 is 5.97 Å². The van der Waals surface area contributed by atoms with E-state index in [0.29, 0.717) is 18.3 Å². The van der Waals surface area contributed by atoms with Gasteiger partial charge in [-0.05, 0) is 57.8 Å². The molecular weight excluding hydrogens is 212 g/mol. The van der Waals surface area contributed by atoms with E-state index in [-0.39, 0.29) is 0 Å². The van der Waals surface area contributed by atoms with Crippen molar-refractivity contribution in [3.8, 4) is 0 Å². The van der Waals surface area contributed by atoms with E-state index in [4.69, 9.17) is 0 Å². The highest BCUT2D eigenvalue weighted by Gasteiger charge is 2.41. The van der Waals surface area contributed by atoms with Crippen molar-refractivity contribution < 1.29 is 9.90 Å². The van der Waals surface area contributed by atoms with Crippen LogP contribution in [0.15, 0.2) is 11.6 Å². The van der Waals surface area contributed by atoms with Crippen LogP contribution < -0.4 is 0 Å². The highest BCUT2D eigenvalue weighted by molar-refractivity contribution is 5.75. The van der Waals surface area contributed by atoms with Crippen LogP contribution in [0.2, 0.25) is 0 Å². The summed E-state index contributed by atoms with van der Waals surface area (Å²) in [7, 11) is 0. The highest BCUT2D eigenvalue weighted by atomic mass is 16.4. The van der Waals surface area contributed by atoms with Crippen LogP contribution in [0.3, 0.4) is 0 Å². The van der Waals surface area contributed by atoms with Gasteiger partial charge in [0, 0.05) is 0 Å². The third-order valence-electron chi connectivity index (χ3n) is 4.28. The molecule has 1 rings (SSSR count). The Morgan fingerprint density at radius 1 is 1.35 bits per heavy atom. The molecule has 0 aromatic heterocycles. The molecule has 1 aliphatic carbocycles. The predicted molar refractivity (Wildman–Crippen MR) is 70.9 cm³/mol. The van der Waals surface area contributed by atoms with Gasteiger partial charge in [-0.25, -0.2) is 0 Å². The summed E-state index contributed by atoms with van der Waals surface area (Å²) in [6.45, 7) is 8.56. The quantitative estimate of drug-likeness (QED) is 0.743. The zero-order valence-electron chi connectivity index (χ0n) is 11.6. The molecule has 0 unspecified atom stereocenters. The number of carbonyl (C=O) groups is 1. The van der Waals surface area contributed by atoms with Crippen molar-refractivity contribution in [2.45, 2.75) is 59.8 Å². The second kappa shape index (κ2) is 5.70. The van der Waals surface area contributed by atoms with Crippen molar-refractivity contribution in [3.05, 3.63) is 11.6 Å². The molecular formula is C15H26O2. The molecule has 0 aromatic carbocycles. The van der Waals surface area contributed by atoms with Crippen LogP contribution >= 0.6 is 0 Å². The summed E-state index contributed by atoms with van der Waals surface area (Å²) in [6, 6.07) is 0. The summed E-state index contributed by atoms with van der Waals surface area (Å²) in [5.74, 6) is 0.802. The molecule has 0 saturated heterocycles. The van der Waals surface area contributed by atoms with Crippen LogP contribution in [-0.2, 0) is 4.79 Å². The van der Waals surface area contributed by atoms with Gasteiger partial charge in [-0.2, -0.15) is 0 Å². The fourth-order valence-corrected chi connectivity index (χ4v) is 2.76. The van der Waals surface area contributed by atoms with Gasteiger partial charge in [-0.1, -0.05) is 25.5 Å². The number of hydrogen-bond donors (Lipinski definition) is 1. The first kappa shape index (κ1) is 14.3. The van der Waals surface area contributed by atoms with Gasteiger partial charge in [0.2, 0.25) is 0 Å². The van der Waals surface area contributed by atoms with E-state index in [2.05, 4.69) is 19.9 Å². The predicted octanol–water partition coefficient (Wildman–Crippen LogP) is 4.26. The minimum absolute atomic E-state index is 0.483. The Bertz CT molecular complexity index is 290. The third kappa shape index (κ3) is 3.58. The van der Waals surface area contributed by atoms with Crippen LogP contribution in [0.4, 0.5) is 0 Å². The molecule has 1 saturated carbocycles. The molecule has 0 aromatic rings. The first-order valence-electron chi connectivity index (χ1n) is 6.74. The number of rotatable bonds is 4. The van der Waals surface area contributed by atoms with Gasteiger partial charge in [0.05, 0.1) is 5.41 Å². The van der Waals surface area contributed by atoms with Gasteiger partial charge in [-0.15, -0.1) is 0 Å². The monoisotopic (exact) mass is 238 g/mol. The Kier molecular flexibility index (Phi) is 4.79. The molecule has 0 aliphatic heterocycles. The van der Waals surface area contributed by atoms with Crippen LogP contribution in [0.25, 0.3) is 0 Å². The maximum atomic E-state index is 11.5. The van der Waals surface area contributed by atoms with E-state index in [9.17, 15) is 9.90 Å². The third-order valence-corrected chi connectivity index (χ3v) is 4.28. The van der Waals surface area contributed by atoms with Crippen molar-refractivity contribution in [1.29, 1.82) is 0 Å². The molecule has 1 N–H and O–H groups in total. The maximum absolute atomic E-state index is 11.5. The SMILES string of the molecule is CC(C)=CCC1(C(=O)O)CCC(C(C)C)CC1.